The highest BCUT2D eigenvalue weighted by Gasteiger charge is 2.37. The van der Waals surface area contributed by atoms with Crippen molar-refractivity contribution in [3.8, 4) is 17.2 Å². The first-order valence-corrected chi connectivity index (χ1v) is 27.1. The molecule has 0 spiro atoms. The van der Waals surface area contributed by atoms with E-state index < -0.39 is 16.6 Å². The van der Waals surface area contributed by atoms with Gasteiger partial charge >= 0.3 is 0 Å². The van der Waals surface area contributed by atoms with Crippen LogP contribution in [0.15, 0.2) is 104 Å². The summed E-state index contributed by atoms with van der Waals surface area (Å²) in [5.74, 6) is 0. The van der Waals surface area contributed by atoms with Crippen LogP contribution >= 0.6 is 0 Å². The molecule has 6 aromatic rings. The molecule has 6 aromatic carbocycles. The molecule has 0 saturated carbocycles. The summed E-state index contributed by atoms with van der Waals surface area (Å²) >= 11 is 0. The van der Waals surface area contributed by atoms with Gasteiger partial charge in [-0.1, -0.05) is 126 Å². The Morgan fingerprint density at radius 1 is 0.672 bits per heavy atom. The van der Waals surface area contributed by atoms with E-state index in [1.54, 1.807) is 0 Å². The van der Waals surface area contributed by atoms with Crippen molar-refractivity contribution >= 4 is 49.0 Å². The van der Waals surface area contributed by atoms with Crippen LogP contribution in [0.5, 0.6) is 0 Å². The predicted molar refractivity (Wildman–Crippen MR) is 252 cm³/mol. The van der Waals surface area contributed by atoms with Gasteiger partial charge in [0.05, 0.1) is 24.3 Å². The van der Waals surface area contributed by atoms with Crippen LogP contribution < -0.4 is 0 Å². The van der Waals surface area contributed by atoms with E-state index in [1.807, 2.05) is 18.2 Å². The van der Waals surface area contributed by atoms with Gasteiger partial charge < -0.3 is 13.6 Å². The summed E-state index contributed by atoms with van der Waals surface area (Å²) in [5.41, 5.74) is 8.04. The number of nitriles is 1. The minimum Gasteiger partial charge on any atom is -0.417 e. The highest BCUT2D eigenvalue weighted by atomic mass is 28.4. The maximum Gasteiger partial charge on any atom is 0.191 e. The second kappa shape index (κ2) is 17.6. The summed E-state index contributed by atoms with van der Waals surface area (Å²) in [6.45, 7) is 29.4. The molecule has 6 rings (SSSR count). The van der Waals surface area contributed by atoms with Crippen molar-refractivity contribution < 1.29 is 13.6 Å². The maximum absolute atomic E-state index is 9.37. The summed E-state index contributed by atoms with van der Waals surface area (Å²) in [4.78, 5) is 0. The average molecular weight is 808 g/mol. The molecular formula is C52H65NO3Si2. The standard InChI is InChI=1S/C52H65NO3Si2/c1-12-15-48(44-33-38(16-13-30-55-57(8,9)51(2,3)4)32-39(34-44)17-14-31-56-58(10,11)52(5,6)7)54-36-43-25-24-41-22-23-42-26-27-45(40-20-18-37(35-53)19-21-40)47-29-28-46(43)49(41)50(42)47/h12,18-29,32-34,48H,1,13-17,30-31,36H2,2-11H3. The summed E-state index contributed by atoms with van der Waals surface area (Å²) in [6, 6.07) is 35.2. The van der Waals surface area contributed by atoms with Gasteiger partial charge in [-0.3, -0.25) is 0 Å². The first kappa shape index (κ1) is 43.5. The molecule has 58 heavy (non-hydrogen) atoms. The van der Waals surface area contributed by atoms with E-state index in [0.29, 0.717) is 12.2 Å². The van der Waals surface area contributed by atoms with Crippen molar-refractivity contribution in [2.75, 3.05) is 13.2 Å². The molecule has 0 aliphatic heterocycles. The lowest BCUT2D eigenvalue weighted by Gasteiger charge is -2.36. The lowest BCUT2D eigenvalue weighted by Crippen LogP contribution is -2.41. The van der Waals surface area contributed by atoms with Gasteiger partial charge in [0, 0.05) is 13.2 Å². The van der Waals surface area contributed by atoms with Crippen LogP contribution in [0.2, 0.25) is 36.3 Å². The molecule has 0 heterocycles. The zero-order valence-corrected chi connectivity index (χ0v) is 38.9. The summed E-state index contributed by atoms with van der Waals surface area (Å²) in [6.07, 6.45) is 6.52. The van der Waals surface area contributed by atoms with Gasteiger partial charge in [-0.05, 0) is 146 Å². The third-order valence-electron chi connectivity index (χ3n) is 13.1. The molecule has 0 N–H and O–H groups in total. The Balaban J connectivity index is 1.27. The Labute approximate surface area is 350 Å². The van der Waals surface area contributed by atoms with E-state index in [9.17, 15) is 5.26 Å². The Hall–Kier alpha value is -4.10. The first-order chi connectivity index (χ1) is 27.4. The third-order valence-corrected chi connectivity index (χ3v) is 22.2. The molecule has 0 aliphatic rings. The molecule has 6 heteroatoms. The van der Waals surface area contributed by atoms with E-state index in [2.05, 4.69) is 159 Å². The zero-order valence-electron chi connectivity index (χ0n) is 36.9. The maximum atomic E-state index is 9.37. The fraction of sp³-hybridized carbons (Fsp3) is 0.404. The highest BCUT2D eigenvalue weighted by molar-refractivity contribution is 6.74. The van der Waals surface area contributed by atoms with Crippen molar-refractivity contribution in [1.29, 1.82) is 5.26 Å². The van der Waals surface area contributed by atoms with E-state index >= 15 is 0 Å². The van der Waals surface area contributed by atoms with Crippen LogP contribution in [-0.4, -0.2) is 29.8 Å². The summed E-state index contributed by atoms with van der Waals surface area (Å²) in [5, 5.41) is 17.2. The monoisotopic (exact) mass is 807 g/mol. The smallest absolute Gasteiger partial charge is 0.191 e. The van der Waals surface area contributed by atoms with Crippen molar-refractivity contribution in [2.24, 2.45) is 0 Å². The van der Waals surface area contributed by atoms with Crippen LogP contribution in [0, 0.1) is 11.3 Å². The molecule has 0 radical (unpaired) electrons. The van der Waals surface area contributed by atoms with Gasteiger partial charge in [-0.2, -0.15) is 5.26 Å². The van der Waals surface area contributed by atoms with E-state index in [0.717, 1.165) is 50.9 Å². The van der Waals surface area contributed by atoms with Gasteiger partial charge in [0.2, 0.25) is 0 Å². The second-order valence-corrected chi connectivity index (χ2v) is 28.9. The van der Waals surface area contributed by atoms with Crippen LogP contribution in [-0.2, 0) is 33.0 Å². The lowest BCUT2D eigenvalue weighted by molar-refractivity contribution is 0.0423. The quantitative estimate of drug-likeness (QED) is 0.0399. The first-order valence-electron chi connectivity index (χ1n) is 21.3. The largest absolute Gasteiger partial charge is 0.417 e. The zero-order chi connectivity index (χ0) is 41.9. The van der Waals surface area contributed by atoms with Gasteiger partial charge in [0.1, 0.15) is 0 Å². The Bertz CT molecular complexity index is 2340. The molecule has 304 valence electrons. The van der Waals surface area contributed by atoms with Crippen molar-refractivity contribution in [1.82, 2.24) is 0 Å². The predicted octanol–water partition coefficient (Wildman–Crippen LogP) is 14.9. The Morgan fingerprint density at radius 3 is 1.72 bits per heavy atom. The van der Waals surface area contributed by atoms with Gasteiger partial charge in [0.15, 0.2) is 16.6 Å². The van der Waals surface area contributed by atoms with E-state index in [-0.39, 0.29) is 16.2 Å². The Morgan fingerprint density at radius 2 is 1.19 bits per heavy atom. The number of hydrogen-bond acceptors (Lipinski definition) is 4. The summed E-state index contributed by atoms with van der Waals surface area (Å²) < 4.78 is 20.1. The van der Waals surface area contributed by atoms with E-state index in [1.165, 1.54) is 60.1 Å². The minimum absolute atomic E-state index is 0.121. The number of hydrogen-bond donors (Lipinski definition) is 0. The molecule has 0 amide bonds. The number of rotatable bonds is 17. The van der Waals surface area contributed by atoms with Crippen LogP contribution in [0.25, 0.3) is 43.4 Å². The SMILES string of the molecule is C=CCC(OCc1ccc2ccc3ccc(-c4ccc(C#N)cc4)c4ccc1c2c34)c1cc(CCCO[Si](C)(C)C(C)(C)C)cc(CCCO[Si](C)(C)C(C)(C)C)c1. The second-order valence-electron chi connectivity index (χ2n) is 19.3. The lowest BCUT2D eigenvalue weighted by atomic mass is 9.88. The van der Waals surface area contributed by atoms with Crippen LogP contribution in [0.1, 0.15) is 94.7 Å². The number of nitrogens with zero attached hydrogens (tertiary/aromatic N) is 1. The molecule has 1 unspecified atom stereocenters. The summed E-state index contributed by atoms with van der Waals surface area (Å²) in [7, 11) is -3.61. The van der Waals surface area contributed by atoms with Gasteiger partial charge in [-0.15, -0.1) is 6.58 Å². The third kappa shape index (κ3) is 9.67. The molecule has 0 aliphatic carbocycles. The number of benzene rings is 6. The highest BCUT2D eigenvalue weighted by Crippen LogP contribution is 2.42. The van der Waals surface area contributed by atoms with E-state index in [4.69, 9.17) is 13.6 Å². The van der Waals surface area contributed by atoms with Crippen molar-refractivity contribution in [3.05, 3.63) is 131 Å². The van der Waals surface area contributed by atoms with Gasteiger partial charge in [0.25, 0.3) is 0 Å². The van der Waals surface area contributed by atoms with Crippen LogP contribution in [0.3, 0.4) is 0 Å². The number of aryl methyl sites for hydroxylation is 2. The molecule has 4 nitrogen and oxygen atoms in total. The topological polar surface area (TPSA) is 51.5 Å². The Kier molecular flexibility index (Phi) is 13.2. The minimum atomic E-state index is -1.80. The fourth-order valence-electron chi connectivity index (χ4n) is 7.51. The average Bonchev–Trinajstić information content (AvgIpc) is 3.18. The fourth-order valence-corrected chi connectivity index (χ4v) is 9.69. The number of ether oxygens (including phenoxy) is 1. The molecule has 0 fully saturated rings. The van der Waals surface area contributed by atoms with Crippen molar-refractivity contribution in [2.45, 2.75) is 123 Å². The molecule has 0 aromatic heterocycles. The molecular weight excluding hydrogens is 743 g/mol. The normalized spacial score (nSPS) is 13.4. The molecule has 0 bridgehead atoms. The van der Waals surface area contributed by atoms with Gasteiger partial charge in [-0.25, -0.2) is 0 Å². The van der Waals surface area contributed by atoms with Crippen molar-refractivity contribution in [3.63, 3.8) is 0 Å². The molecule has 1 atom stereocenters. The van der Waals surface area contributed by atoms with Crippen LogP contribution in [0.4, 0.5) is 0 Å². The molecule has 0 saturated heterocycles.